The number of carbonyl (C=O) groups is 2. The van der Waals surface area contributed by atoms with Crippen molar-refractivity contribution >= 4 is 23.4 Å². The van der Waals surface area contributed by atoms with E-state index in [4.69, 9.17) is 11.6 Å². The highest BCUT2D eigenvalue weighted by Crippen LogP contribution is 2.35. The van der Waals surface area contributed by atoms with Crippen molar-refractivity contribution in [2.75, 3.05) is 26.2 Å². The molecule has 2 aromatic carbocycles. The highest BCUT2D eigenvalue weighted by molar-refractivity contribution is 6.30. The summed E-state index contributed by atoms with van der Waals surface area (Å²) in [6.45, 7) is 4.76. The molecule has 2 amide bonds. The largest absolute Gasteiger partial charge is 0.342 e. The number of likely N-dealkylation sites (tertiary alicyclic amines) is 2. The second kappa shape index (κ2) is 7.96. The van der Waals surface area contributed by atoms with Crippen LogP contribution in [0, 0.1) is 12.8 Å². The van der Waals surface area contributed by atoms with Gasteiger partial charge in [0.25, 0.3) is 5.91 Å². The van der Waals surface area contributed by atoms with Crippen LogP contribution in [0.25, 0.3) is 0 Å². The Morgan fingerprint density at radius 3 is 2.18 bits per heavy atom. The number of benzene rings is 2. The fraction of sp³-hybridized carbons (Fsp3) is 0.391. The predicted octanol–water partition coefficient (Wildman–Crippen LogP) is 4.13. The molecule has 5 heteroatoms. The van der Waals surface area contributed by atoms with Gasteiger partial charge < -0.3 is 9.80 Å². The van der Waals surface area contributed by atoms with Gasteiger partial charge in [0.05, 0.1) is 5.92 Å². The number of hydrogen-bond acceptors (Lipinski definition) is 2. The zero-order valence-corrected chi connectivity index (χ0v) is 16.9. The third kappa shape index (κ3) is 3.79. The summed E-state index contributed by atoms with van der Waals surface area (Å²) in [5.41, 5.74) is 2.94. The number of carbonyl (C=O) groups excluding carboxylic acids is 2. The number of hydrogen-bond donors (Lipinski definition) is 0. The summed E-state index contributed by atoms with van der Waals surface area (Å²) in [5.74, 6) is 0.00184. The molecule has 4 rings (SSSR count). The van der Waals surface area contributed by atoms with E-state index in [9.17, 15) is 9.59 Å². The number of amides is 2. The van der Waals surface area contributed by atoms with Crippen molar-refractivity contribution in [2.24, 2.45) is 5.92 Å². The first-order valence-electron chi connectivity index (χ1n) is 9.93. The highest BCUT2D eigenvalue weighted by Gasteiger charge is 2.42. The summed E-state index contributed by atoms with van der Waals surface area (Å²) in [4.78, 5) is 30.1. The molecular formula is C23H25ClN2O2. The fourth-order valence-corrected chi connectivity index (χ4v) is 4.44. The molecule has 0 radical (unpaired) electrons. The first-order chi connectivity index (χ1) is 13.5. The van der Waals surface area contributed by atoms with E-state index in [1.165, 1.54) is 5.56 Å². The summed E-state index contributed by atoms with van der Waals surface area (Å²) < 4.78 is 0. The lowest BCUT2D eigenvalue weighted by Crippen LogP contribution is -2.37. The summed E-state index contributed by atoms with van der Waals surface area (Å²) in [6.07, 6.45) is 2.14. The molecule has 0 unspecified atom stereocenters. The van der Waals surface area contributed by atoms with Gasteiger partial charge in [-0.15, -0.1) is 0 Å². The second-order valence-electron chi connectivity index (χ2n) is 7.87. The van der Waals surface area contributed by atoms with E-state index in [1.807, 2.05) is 9.80 Å². The maximum absolute atomic E-state index is 13.2. The Morgan fingerprint density at radius 2 is 1.54 bits per heavy atom. The van der Waals surface area contributed by atoms with Crippen molar-refractivity contribution in [2.45, 2.75) is 25.7 Å². The van der Waals surface area contributed by atoms with Gasteiger partial charge in [0, 0.05) is 42.7 Å². The molecule has 2 heterocycles. The average molecular weight is 397 g/mol. The van der Waals surface area contributed by atoms with E-state index in [0.29, 0.717) is 23.7 Å². The van der Waals surface area contributed by atoms with E-state index in [2.05, 4.69) is 31.2 Å². The normalized spacial score (nSPS) is 21.9. The third-order valence-electron chi connectivity index (χ3n) is 5.94. The number of halogens is 1. The lowest BCUT2D eigenvalue weighted by molar-refractivity contribution is -0.134. The van der Waals surface area contributed by atoms with Crippen LogP contribution in [0.4, 0.5) is 0 Å². The monoisotopic (exact) mass is 396 g/mol. The topological polar surface area (TPSA) is 40.6 Å². The predicted molar refractivity (Wildman–Crippen MR) is 111 cm³/mol. The summed E-state index contributed by atoms with van der Waals surface area (Å²) in [5, 5.41) is 0.609. The van der Waals surface area contributed by atoms with Crippen LogP contribution in [0.1, 0.15) is 40.2 Å². The first kappa shape index (κ1) is 19.0. The molecule has 2 aliphatic rings. The molecule has 4 nitrogen and oxygen atoms in total. The molecule has 0 N–H and O–H groups in total. The van der Waals surface area contributed by atoms with Crippen molar-refractivity contribution in [3.8, 4) is 0 Å². The standard InChI is InChI=1S/C23H25ClN2O2/c1-16-4-6-17(7-5-16)20-14-26(22(27)18-8-10-19(24)11-9-18)15-21(20)23(28)25-12-2-3-13-25/h4-11,20-21H,2-3,12-15H2,1H3/t20-,21+/m0/s1. The lowest BCUT2D eigenvalue weighted by atomic mass is 9.87. The Morgan fingerprint density at radius 1 is 0.893 bits per heavy atom. The number of nitrogens with zero attached hydrogens (tertiary/aromatic N) is 2. The average Bonchev–Trinajstić information content (AvgIpc) is 3.38. The Balaban J connectivity index is 1.60. The minimum absolute atomic E-state index is 0.0324. The summed E-state index contributed by atoms with van der Waals surface area (Å²) in [6, 6.07) is 15.3. The molecule has 28 heavy (non-hydrogen) atoms. The zero-order valence-electron chi connectivity index (χ0n) is 16.1. The molecule has 2 saturated heterocycles. The Labute approximate surface area is 171 Å². The molecule has 0 aliphatic carbocycles. The van der Waals surface area contributed by atoms with Crippen LogP contribution in [-0.4, -0.2) is 47.8 Å². The van der Waals surface area contributed by atoms with Crippen LogP contribution >= 0.6 is 11.6 Å². The van der Waals surface area contributed by atoms with Gasteiger partial charge in [-0.2, -0.15) is 0 Å². The molecule has 0 bridgehead atoms. The van der Waals surface area contributed by atoms with Gasteiger partial charge in [-0.25, -0.2) is 0 Å². The van der Waals surface area contributed by atoms with Crippen molar-refractivity contribution < 1.29 is 9.59 Å². The smallest absolute Gasteiger partial charge is 0.253 e. The Hall–Kier alpha value is -2.33. The first-order valence-corrected chi connectivity index (χ1v) is 10.3. The van der Waals surface area contributed by atoms with Crippen molar-refractivity contribution in [1.82, 2.24) is 9.80 Å². The molecule has 2 fully saturated rings. The molecule has 146 valence electrons. The van der Waals surface area contributed by atoms with Gasteiger partial charge in [0.2, 0.25) is 5.91 Å². The molecular weight excluding hydrogens is 372 g/mol. The van der Waals surface area contributed by atoms with Gasteiger partial charge >= 0.3 is 0 Å². The van der Waals surface area contributed by atoms with Crippen LogP contribution in [0.15, 0.2) is 48.5 Å². The van der Waals surface area contributed by atoms with E-state index in [-0.39, 0.29) is 23.7 Å². The highest BCUT2D eigenvalue weighted by atomic mass is 35.5. The van der Waals surface area contributed by atoms with Gasteiger partial charge in [-0.05, 0) is 49.6 Å². The van der Waals surface area contributed by atoms with Gasteiger partial charge in [0.1, 0.15) is 0 Å². The van der Waals surface area contributed by atoms with Gasteiger partial charge in [-0.1, -0.05) is 41.4 Å². The van der Waals surface area contributed by atoms with E-state index < -0.39 is 0 Å². The van der Waals surface area contributed by atoms with E-state index in [0.717, 1.165) is 31.5 Å². The van der Waals surface area contributed by atoms with Crippen LogP contribution in [0.3, 0.4) is 0 Å². The second-order valence-corrected chi connectivity index (χ2v) is 8.31. The zero-order chi connectivity index (χ0) is 19.7. The van der Waals surface area contributed by atoms with Crippen LogP contribution in [0.5, 0.6) is 0 Å². The minimum atomic E-state index is -0.183. The molecule has 0 saturated carbocycles. The summed E-state index contributed by atoms with van der Waals surface area (Å²) in [7, 11) is 0. The fourth-order valence-electron chi connectivity index (χ4n) is 4.32. The van der Waals surface area contributed by atoms with Crippen LogP contribution in [-0.2, 0) is 4.79 Å². The van der Waals surface area contributed by atoms with Gasteiger partial charge in [-0.3, -0.25) is 9.59 Å². The lowest BCUT2D eigenvalue weighted by Gasteiger charge is -2.24. The van der Waals surface area contributed by atoms with Gasteiger partial charge in [0.15, 0.2) is 0 Å². The molecule has 2 aromatic rings. The van der Waals surface area contributed by atoms with Crippen molar-refractivity contribution in [3.63, 3.8) is 0 Å². The quantitative estimate of drug-likeness (QED) is 0.782. The summed E-state index contributed by atoms with van der Waals surface area (Å²) >= 11 is 5.95. The minimum Gasteiger partial charge on any atom is -0.342 e. The number of aryl methyl sites for hydroxylation is 1. The maximum Gasteiger partial charge on any atom is 0.253 e. The molecule has 2 aliphatic heterocycles. The Kier molecular flexibility index (Phi) is 5.40. The Bertz CT molecular complexity index is 857. The molecule has 0 spiro atoms. The van der Waals surface area contributed by atoms with E-state index in [1.54, 1.807) is 24.3 Å². The van der Waals surface area contributed by atoms with E-state index >= 15 is 0 Å². The molecule has 0 aromatic heterocycles. The number of rotatable bonds is 3. The van der Waals surface area contributed by atoms with Crippen LogP contribution in [0.2, 0.25) is 5.02 Å². The maximum atomic E-state index is 13.2. The van der Waals surface area contributed by atoms with Crippen molar-refractivity contribution in [1.29, 1.82) is 0 Å². The molecule has 2 atom stereocenters. The van der Waals surface area contributed by atoms with Crippen molar-refractivity contribution in [3.05, 3.63) is 70.2 Å². The third-order valence-corrected chi connectivity index (χ3v) is 6.19. The SMILES string of the molecule is Cc1ccc([C@@H]2CN(C(=O)c3ccc(Cl)cc3)C[C@H]2C(=O)N2CCCC2)cc1. The van der Waals surface area contributed by atoms with Crippen LogP contribution < -0.4 is 0 Å².